The van der Waals surface area contributed by atoms with Gasteiger partial charge in [0, 0.05) is 29.8 Å². The molecule has 16 heavy (non-hydrogen) atoms. The lowest BCUT2D eigenvalue weighted by Crippen LogP contribution is -1.92. The molecule has 0 saturated heterocycles. The molecule has 2 rings (SSSR count). The highest BCUT2D eigenvalue weighted by atomic mass is 35.5. The summed E-state index contributed by atoms with van der Waals surface area (Å²) in [4.78, 5) is 11.1. The molecule has 0 fully saturated rings. The molecule has 0 unspecified atom stereocenters. The van der Waals surface area contributed by atoms with Gasteiger partial charge in [-0.3, -0.25) is 4.79 Å². The summed E-state index contributed by atoms with van der Waals surface area (Å²) in [6.45, 7) is 1.90. The van der Waals surface area contributed by atoms with E-state index < -0.39 is 0 Å². The highest BCUT2D eigenvalue weighted by molar-refractivity contribution is 6.35. The molecule has 0 N–H and O–H groups in total. The lowest BCUT2D eigenvalue weighted by Gasteiger charge is -2.04. The minimum atomic E-state index is 0.591. The fraction of sp³-hybridized carbons (Fsp3) is 0.250. The lowest BCUT2D eigenvalue weighted by molar-refractivity contribution is 0.112. The van der Waals surface area contributed by atoms with Crippen molar-refractivity contribution in [2.45, 2.75) is 6.92 Å². The van der Waals surface area contributed by atoms with Crippen LogP contribution in [0.3, 0.4) is 0 Å². The molecular weight excluding hydrogens is 226 g/mol. The maximum Gasteiger partial charge on any atom is 0.152 e. The van der Waals surface area contributed by atoms with Crippen LogP contribution in [0, 0.1) is 6.92 Å². The van der Waals surface area contributed by atoms with E-state index in [-0.39, 0.29) is 0 Å². The van der Waals surface area contributed by atoms with Gasteiger partial charge in [-0.05, 0) is 13.0 Å². The Balaban J connectivity index is 2.95. The van der Waals surface area contributed by atoms with Gasteiger partial charge < -0.3 is 9.30 Å². The highest BCUT2D eigenvalue weighted by Gasteiger charge is 2.15. The van der Waals surface area contributed by atoms with E-state index in [0.29, 0.717) is 16.3 Å². The van der Waals surface area contributed by atoms with E-state index in [2.05, 4.69) is 0 Å². The number of methoxy groups -OCH3 is 1. The monoisotopic (exact) mass is 237 g/mol. The Morgan fingerprint density at radius 1 is 1.44 bits per heavy atom. The second kappa shape index (κ2) is 3.83. The van der Waals surface area contributed by atoms with Crippen molar-refractivity contribution in [2.75, 3.05) is 7.11 Å². The SMILES string of the molecule is COc1cc(Cl)c2c(c1)c(C=O)c(C)n2C. The largest absolute Gasteiger partial charge is 0.497 e. The van der Waals surface area contributed by atoms with Crippen molar-refractivity contribution in [3.8, 4) is 5.75 Å². The van der Waals surface area contributed by atoms with Gasteiger partial charge in [0.05, 0.1) is 17.6 Å². The Bertz CT molecular complexity index is 572. The standard InChI is InChI=1S/C12H12ClNO2/c1-7-10(6-15)9-4-8(16-3)5-11(13)12(9)14(7)2/h4-6H,1-3H3. The number of benzene rings is 1. The average Bonchev–Trinajstić information content (AvgIpc) is 2.51. The molecule has 0 aliphatic heterocycles. The van der Waals surface area contributed by atoms with Crippen molar-refractivity contribution in [3.05, 3.63) is 28.4 Å². The Kier molecular flexibility index (Phi) is 2.64. The van der Waals surface area contributed by atoms with Crippen molar-refractivity contribution in [1.29, 1.82) is 0 Å². The van der Waals surface area contributed by atoms with Gasteiger partial charge in [0.25, 0.3) is 0 Å². The van der Waals surface area contributed by atoms with Crippen LogP contribution >= 0.6 is 11.6 Å². The number of rotatable bonds is 2. The predicted octanol–water partition coefficient (Wildman–Crippen LogP) is 2.96. The van der Waals surface area contributed by atoms with Crippen molar-refractivity contribution in [2.24, 2.45) is 7.05 Å². The number of nitrogens with zero attached hydrogens (tertiary/aromatic N) is 1. The Hall–Kier alpha value is -1.48. The summed E-state index contributed by atoms with van der Waals surface area (Å²) in [7, 11) is 3.47. The summed E-state index contributed by atoms with van der Waals surface area (Å²) >= 11 is 6.17. The molecule has 0 spiro atoms. The van der Waals surface area contributed by atoms with Crippen molar-refractivity contribution >= 4 is 28.8 Å². The molecule has 4 heteroatoms. The normalized spacial score (nSPS) is 10.8. The summed E-state index contributed by atoms with van der Waals surface area (Å²) in [5, 5.41) is 1.42. The van der Waals surface area contributed by atoms with Crippen LogP contribution in [0.1, 0.15) is 16.1 Å². The molecule has 1 aromatic heterocycles. The highest BCUT2D eigenvalue weighted by Crippen LogP contribution is 2.33. The summed E-state index contributed by atoms with van der Waals surface area (Å²) in [6, 6.07) is 3.58. The smallest absolute Gasteiger partial charge is 0.152 e. The topological polar surface area (TPSA) is 31.2 Å². The summed E-state index contributed by atoms with van der Waals surface area (Å²) < 4.78 is 7.06. The van der Waals surface area contributed by atoms with Crippen molar-refractivity contribution in [3.63, 3.8) is 0 Å². The fourth-order valence-electron chi connectivity index (χ4n) is 1.93. The van der Waals surface area contributed by atoms with Crippen LogP contribution in [0.5, 0.6) is 5.75 Å². The quantitative estimate of drug-likeness (QED) is 0.752. The first-order chi connectivity index (χ1) is 7.60. The van der Waals surface area contributed by atoms with Gasteiger partial charge in [-0.25, -0.2) is 0 Å². The molecule has 84 valence electrons. The van der Waals surface area contributed by atoms with Crippen LogP contribution in [0.4, 0.5) is 0 Å². The molecule has 0 saturated carbocycles. The molecule has 0 radical (unpaired) electrons. The van der Waals surface area contributed by atoms with E-state index in [1.807, 2.05) is 24.6 Å². The average molecular weight is 238 g/mol. The van der Waals surface area contributed by atoms with Crippen molar-refractivity contribution < 1.29 is 9.53 Å². The first-order valence-electron chi connectivity index (χ1n) is 4.87. The van der Waals surface area contributed by atoms with Gasteiger partial charge in [-0.15, -0.1) is 0 Å². The Labute approximate surface area is 98.6 Å². The van der Waals surface area contributed by atoms with Gasteiger partial charge in [-0.1, -0.05) is 11.6 Å². The number of hydrogen-bond acceptors (Lipinski definition) is 2. The van der Waals surface area contributed by atoms with Gasteiger partial charge in [0.15, 0.2) is 6.29 Å². The molecule has 0 aliphatic rings. The van der Waals surface area contributed by atoms with E-state index in [1.54, 1.807) is 13.2 Å². The maximum atomic E-state index is 11.1. The zero-order valence-electron chi connectivity index (χ0n) is 9.37. The maximum absolute atomic E-state index is 11.1. The summed E-state index contributed by atoms with van der Waals surface area (Å²) in [6.07, 6.45) is 0.855. The number of hydrogen-bond donors (Lipinski definition) is 0. The van der Waals surface area contributed by atoms with Gasteiger partial charge in [0.2, 0.25) is 0 Å². The van der Waals surface area contributed by atoms with Crippen LogP contribution in [-0.2, 0) is 7.05 Å². The second-order valence-electron chi connectivity index (χ2n) is 3.68. The molecular formula is C12H12ClNO2. The first kappa shape index (κ1) is 11.0. The number of carbonyl (C=O) groups excluding carboxylic acids is 1. The number of aryl methyl sites for hydroxylation is 1. The molecule has 0 atom stereocenters. The van der Waals surface area contributed by atoms with Gasteiger partial charge in [0.1, 0.15) is 5.75 Å². The van der Waals surface area contributed by atoms with E-state index >= 15 is 0 Å². The molecule has 0 amide bonds. The van der Waals surface area contributed by atoms with E-state index in [0.717, 1.165) is 22.9 Å². The number of aromatic nitrogens is 1. The minimum absolute atomic E-state index is 0.591. The number of ether oxygens (including phenoxy) is 1. The Morgan fingerprint density at radius 3 is 2.69 bits per heavy atom. The van der Waals surface area contributed by atoms with Crippen LogP contribution in [0.25, 0.3) is 10.9 Å². The van der Waals surface area contributed by atoms with E-state index in [4.69, 9.17) is 16.3 Å². The molecule has 3 nitrogen and oxygen atoms in total. The summed E-state index contributed by atoms with van der Waals surface area (Å²) in [5.41, 5.74) is 2.43. The van der Waals surface area contributed by atoms with Gasteiger partial charge >= 0.3 is 0 Å². The van der Waals surface area contributed by atoms with Crippen molar-refractivity contribution in [1.82, 2.24) is 4.57 Å². The minimum Gasteiger partial charge on any atom is -0.497 e. The molecule has 1 heterocycles. The molecule has 0 aliphatic carbocycles. The number of carbonyl (C=O) groups is 1. The van der Waals surface area contributed by atoms with Crippen LogP contribution < -0.4 is 4.74 Å². The van der Waals surface area contributed by atoms with Crippen LogP contribution in [0.2, 0.25) is 5.02 Å². The number of halogens is 1. The lowest BCUT2D eigenvalue weighted by atomic mass is 10.1. The molecule has 0 bridgehead atoms. The van der Waals surface area contributed by atoms with Gasteiger partial charge in [-0.2, -0.15) is 0 Å². The van der Waals surface area contributed by atoms with E-state index in [1.165, 1.54) is 0 Å². The van der Waals surface area contributed by atoms with Crippen LogP contribution in [-0.4, -0.2) is 18.0 Å². The fourth-order valence-corrected chi connectivity index (χ4v) is 2.27. The number of fused-ring (bicyclic) bond motifs is 1. The third-order valence-electron chi connectivity index (χ3n) is 2.91. The zero-order chi connectivity index (χ0) is 11.9. The first-order valence-corrected chi connectivity index (χ1v) is 5.25. The molecule has 1 aromatic carbocycles. The predicted molar refractivity (Wildman–Crippen MR) is 64.6 cm³/mol. The van der Waals surface area contributed by atoms with Crippen LogP contribution in [0.15, 0.2) is 12.1 Å². The second-order valence-corrected chi connectivity index (χ2v) is 4.09. The van der Waals surface area contributed by atoms with E-state index in [9.17, 15) is 4.79 Å². The third-order valence-corrected chi connectivity index (χ3v) is 3.20. The Morgan fingerprint density at radius 2 is 2.12 bits per heavy atom. The molecule has 2 aromatic rings. The zero-order valence-corrected chi connectivity index (χ0v) is 10.1. The third kappa shape index (κ3) is 1.39. The summed E-state index contributed by atoms with van der Waals surface area (Å²) in [5.74, 6) is 0.659. The number of aldehydes is 1.